The summed E-state index contributed by atoms with van der Waals surface area (Å²) < 4.78 is 28.8. The van der Waals surface area contributed by atoms with E-state index in [1.54, 1.807) is 7.11 Å². The van der Waals surface area contributed by atoms with Gasteiger partial charge in [0.15, 0.2) is 0 Å². The van der Waals surface area contributed by atoms with Crippen LogP contribution in [-0.4, -0.2) is 44.6 Å². The maximum atomic E-state index is 13.2. The summed E-state index contributed by atoms with van der Waals surface area (Å²) in [7, 11) is 1.63. The van der Waals surface area contributed by atoms with Gasteiger partial charge in [0.2, 0.25) is 0 Å². The molecular weight excluding hydrogens is 279 g/mol. The number of aliphatic carboxylic acids is 1. The predicted molar refractivity (Wildman–Crippen MR) is 75.9 cm³/mol. The van der Waals surface area contributed by atoms with Crippen molar-refractivity contribution in [3.63, 3.8) is 0 Å². The molecule has 0 heterocycles. The molecule has 0 aliphatic carbocycles. The van der Waals surface area contributed by atoms with Crippen LogP contribution < -0.4 is 4.74 Å². The molecule has 1 aromatic carbocycles. The molecule has 0 aromatic heterocycles. The van der Waals surface area contributed by atoms with Gasteiger partial charge >= 0.3 is 5.97 Å². The Hall–Kier alpha value is -1.92. The summed E-state index contributed by atoms with van der Waals surface area (Å²) in [6.45, 7) is 1.91. The van der Waals surface area contributed by atoms with Crippen LogP contribution in [0, 0.1) is 5.82 Å². The van der Waals surface area contributed by atoms with Crippen molar-refractivity contribution in [1.82, 2.24) is 0 Å². The third kappa shape index (κ3) is 7.43. The first kappa shape index (κ1) is 17.1. The Kier molecular flexibility index (Phi) is 8.08. The van der Waals surface area contributed by atoms with Crippen LogP contribution in [0.15, 0.2) is 24.3 Å². The average Bonchev–Trinajstić information content (AvgIpc) is 2.45. The van der Waals surface area contributed by atoms with Crippen molar-refractivity contribution in [3.8, 4) is 5.75 Å². The van der Waals surface area contributed by atoms with Crippen molar-refractivity contribution >= 4 is 12.0 Å². The lowest BCUT2D eigenvalue weighted by Crippen LogP contribution is -2.09. The van der Waals surface area contributed by atoms with E-state index in [-0.39, 0.29) is 0 Å². The molecule has 0 unspecified atom stereocenters. The summed E-state index contributed by atoms with van der Waals surface area (Å²) in [6, 6.07) is 3.93. The second kappa shape index (κ2) is 9.90. The summed E-state index contributed by atoms with van der Waals surface area (Å²) in [5, 5.41) is 8.60. The van der Waals surface area contributed by atoms with Gasteiger partial charge in [-0.05, 0) is 30.7 Å². The molecule has 21 heavy (non-hydrogen) atoms. The first-order valence-corrected chi connectivity index (χ1v) is 6.53. The highest BCUT2D eigenvalue weighted by Crippen LogP contribution is 2.21. The molecule has 1 N–H and O–H groups in total. The van der Waals surface area contributed by atoms with Crippen LogP contribution in [0.1, 0.15) is 12.0 Å². The quantitative estimate of drug-likeness (QED) is 0.530. The van der Waals surface area contributed by atoms with E-state index in [0.717, 1.165) is 12.5 Å². The number of hydrogen-bond acceptors (Lipinski definition) is 4. The smallest absolute Gasteiger partial charge is 0.328 e. The van der Waals surface area contributed by atoms with Crippen LogP contribution >= 0.6 is 0 Å². The van der Waals surface area contributed by atoms with E-state index in [1.165, 1.54) is 24.3 Å². The second-order valence-electron chi connectivity index (χ2n) is 4.16. The van der Waals surface area contributed by atoms with Crippen molar-refractivity contribution in [2.45, 2.75) is 6.42 Å². The van der Waals surface area contributed by atoms with Crippen molar-refractivity contribution in [1.29, 1.82) is 0 Å². The van der Waals surface area contributed by atoms with Crippen molar-refractivity contribution < 1.29 is 28.5 Å². The summed E-state index contributed by atoms with van der Waals surface area (Å²) in [6.07, 6.45) is 3.03. The van der Waals surface area contributed by atoms with E-state index in [2.05, 4.69) is 0 Å². The Bertz CT molecular complexity index is 473. The van der Waals surface area contributed by atoms with Crippen LogP contribution in [0.5, 0.6) is 5.75 Å². The van der Waals surface area contributed by atoms with Gasteiger partial charge in [0.05, 0.1) is 6.61 Å². The summed E-state index contributed by atoms with van der Waals surface area (Å²) >= 11 is 0. The fraction of sp³-hybridized carbons (Fsp3) is 0.400. The van der Waals surface area contributed by atoms with Gasteiger partial charge in [-0.3, -0.25) is 0 Å². The zero-order chi connectivity index (χ0) is 15.5. The normalized spacial score (nSPS) is 11.0. The number of methoxy groups -OCH3 is 1. The highest BCUT2D eigenvalue weighted by Gasteiger charge is 2.03. The fourth-order valence-corrected chi connectivity index (χ4v) is 1.56. The molecule has 0 saturated carbocycles. The molecule has 0 aliphatic heterocycles. The number of carboxylic acid groups (broad SMARTS) is 1. The standard InChI is InChI=1S/C15H19FO5/c1-19-7-2-8-20-9-10-21-14-5-4-13(16)11-12(14)3-6-15(17)18/h3-6,11H,2,7-10H2,1H3,(H,17,18)/b6-3+. The average molecular weight is 298 g/mol. The zero-order valence-electron chi connectivity index (χ0n) is 11.9. The number of rotatable bonds is 10. The summed E-state index contributed by atoms with van der Waals surface area (Å²) in [5.74, 6) is -1.15. The zero-order valence-corrected chi connectivity index (χ0v) is 11.9. The molecule has 0 bridgehead atoms. The number of ether oxygens (including phenoxy) is 3. The molecule has 0 saturated heterocycles. The third-order valence-electron chi connectivity index (χ3n) is 2.50. The lowest BCUT2D eigenvalue weighted by Gasteiger charge is -2.10. The van der Waals surface area contributed by atoms with Crippen molar-refractivity contribution in [3.05, 3.63) is 35.7 Å². The fourth-order valence-electron chi connectivity index (χ4n) is 1.56. The highest BCUT2D eigenvalue weighted by molar-refractivity contribution is 5.85. The first-order valence-electron chi connectivity index (χ1n) is 6.53. The van der Waals surface area contributed by atoms with Gasteiger partial charge in [-0.25, -0.2) is 9.18 Å². The first-order chi connectivity index (χ1) is 10.1. The van der Waals surface area contributed by atoms with Gasteiger partial charge in [-0.2, -0.15) is 0 Å². The summed E-state index contributed by atoms with van der Waals surface area (Å²) in [5.41, 5.74) is 0.372. The van der Waals surface area contributed by atoms with E-state index in [0.29, 0.717) is 37.7 Å². The molecule has 0 atom stereocenters. The SMILES string of the molecule is COCCCOCCOc1ccc(F)cc1/C=C/C(=O)O. The highest BCUT2D eigenvalue weighted by atomic mass is 19.1. The number of carbonyl (C=O) groups is 1. The minimum absolute atomic E-state index is 0.298. The maximum absolute atomic E-state index is 13.2. The van der Waals surface area contributed by atoms with Crippen LogP contribution in [0.2, 0.25) is 0 Å². The second-order valence-corrected chi connectivity index (χ2v) is 4.16. The third-order valence-corrected chi connectivity index (χ3v) is 2.50. The molecule has 0 fully saturated rings. The van der Waals surface area contributed by atoms with Crippen molar-refractivity contribution in [2.75, 3.05) is 33.5 Å². The van der Waals surface area contributed by atoms with E-state index in [9.17, 15) is 9.18 Å². The van der Waals surface area contributed by atoms with Gasteiger partial charge < -0.3 is 19.3 Å². The van der Waals surface area contributed by atoms with Crippen LogP contribution in [0.3, 0.4) is 0 Å². The summed E-state index contributed by atoms with van der Waals surface area (Å²) in [4.78, 5) is 10.5. The van der Waals surface area contributed by atoms with Gasteiger partial charge in [-0.15, -0.1) is 0 Å². The molecule has 1 rings (SSSR count). The molecule has 116 valence electrons. The number of hydrogen-bond donors (Lipinski definition) is 1. The Labute approximate surface area is 122 Å². The van der Waals surface area contributed by atoms with Crippen LogP contribution in [0.25, 0.3) is 6.08 Å². The number of carboxylic acids is 1. The lowest BCUT2D eigenvalue weighted by atomic mass is 10.2. The van der Waals surface area contributed by atoms with Crippen LogP contribution in [0.4, 0.5) is 4.39 Å². The molecular formula is C15H19FO5. The number of halogens is 1. The van der Waals surface area contributed by atoms with Gasteiger partial charge in [0.1, 0.15) is 18.2 Å². The van der Waals surface area contributed by atoms with Gasteiger partial charge in [0, 0.05) is 32.0 Å². The number of benzene rings is 1. The van der Waals surface area contributed by atoms with E-state index >= 15 is 0 Å². The van der Waals surface area contributed by atoms with Crippen molar-refractivity contribution in [2.24, 2.45) is 0 Å². The monoisotopic (exact) mass is 298 g/mol. The van der Waals surface area contributed by atoms with E-state index in [4.69, 9.17) is 19.3 Å². The molecule has 6 heteroatoms. The molecule has 0 radical (unpaired) electrons. The van der Waals surface area contributed by atoms with E-state index in [1.807, 2.05) is 0 Å². The van der Waals surface area contributed by atoms with Gasteiger partial charge in [-0.1, -0.05) is 0 Å². The van der Waals surface area contributed by atoms with E-state index < -0.39 is 11.8 Å². The molecule has 5 nitrogen and oxygen atoms in total. The topological polar surface area (TPSA) is 65.0 Å². The molecule has 0 spiro atoms. The molecule has 0 amide bonds. The molecule has 0 aliphatic rings. The minimum Gasteiger partial charge on any atom is -0.491 e. The minimum atomic E-state index is -1.10. The van der Waals surface area contributed by atoms with Crippen LogP contribution in [-0.2, 0) is 14.3 Å². The predicted octanol–water partition coefficient (Wildman–Crippen LogP) is 2.36. The molecule has 1 aromatic rings. The maximum Gasteiger partial charge on any atom is 0.328 e. The Morgan fingerprint density at radius 3 is 2.81 bits per heavy atom. The van der Waals surface area contributed by atoms with Gasteiger partial charge in [0.25, 0.3) is 0 Å². The Morgan fingerprint density at radius 2 is 2.10 bits per heavy atom. The Balaban J connectivity index is 2.45. The lowest BCUT2D eigenvalue weighted by molar-refractivity contribution is -0.131. The Morgan fingerprint density at radius 1 is 1.29 bits per heavy atom. The largest absolute Gasteiger partial charge is 0.491 e.